The molecule has 5 aromatic rings. The average Bonchev–Trinajstić information content (AvgIpc) is 3.52. The van der Waals surface area contributed by atoms with Crippen molar-refractivity contribution in [3.63, 3.8) is 0 Å². The maximum atomic E-state index is 13.8. The Morgan fingerprint density at radius 1 is 1.11 bits per heavy atom. The van der Waals surface area contributed by atoms with Gasteiger partial charge in [0, 0.05) is 29.7 Å². The van der Waals surface area contributed by atoms with Crippen LogP contribution in [0.5, 0.6) is 11.5 Å². The summed E-state index contributed by atoms with van der Waals surface area (Å²) in [5.74, 6) is 1.56. The first-order valence-corrected chi connectivity index (χ1v) is 14.2. The van der Waals surface area contributed by atoms with Crippen molar-refractivity contribution < 1.29 is 32.2 Å². The predicted octanol–water partition coefficient (Wildman–Crippen LogP) is 6.03. The van der Waals surface area contributed by atoms with Gasteiger partial charge in [-0.3, -0.25) is 9.20 Å². The number of nitrogens with zero attached hydrogens (tertiary/aromatic N) is 5. The van der Waals surface area contributed by atoms with Crippen molar-refractivity contribution in [3.05, 3.63) is 87.5 Å². The zero-order chi connectivity index (χ0) is 31.2. The van der Waals surface area contributed by atoms with Gasteiger partial charge in [0.25, 0.3) is 5.91 Å². The summed E-state index contributed by atoms with van der Waals surface area (Å²) in [6, 6.07) is 10.7. The van der Waals surface area contributed by atoms with E-state index in [1.165, 1.54) is 11.0 Å². The van der Waals surface area contributed by atoms with E-state index in [0.29, 0.717) is 56.0 Å². The number of carbonyl (C=O) groups excluding carboxylic acids is 1. The Kier molecular flexibility index (Phi) is 7.80. The summed E-state index contributed by atoms with van der Waals surface area (Å²) >= 11 is 3.53. The number of hydrogen-bond acceptors (Lipinski definition) is 8. The molecule has 3 aromatic heterocycles. The van der Waals surface area contributed by atoms with E-state index in [0.717, 1.165) is 11.6 Å². The van der Waals surface area contributed by atoms with Crippen molar-refractivity contribution >= 4 is 44.2 Å². The number of alkyl halides is 3. The molecule has 44 heavy (non-hydrogen) atoms. The normalized spacial score (nSPS) is 14.8. The van der Waals surface area contributed by atoms with Gasteiger partial charge < -0.3 is 24.4 Å². The zero-order valence-corrected chi connectivity index (χ0v) is 25.4. The molecular weight excluding hydrogens is 645 g/mol. The first-order valence-electron chi connectivity index (χ1n) is 13.4. The fourth-order valence-corrected chi connectivity index (χ4v) is 5.72. The van der Waals surface area contributed by atoms with Crippen LogP contribution in [0.1, 0.15) is 38.9 Å². The molecule has 14 heteroatoms. The van der Waals surface area contributed by atoms with Crippen molar-refractivity contribution in [2.45, 2.75) is 25.4 Å². The number of imidazole rings is 1. The molecule has 1 amide bonds. The van der Waals surface area contributed by atoms with Crippen LogP contribution in [-0.2, 0) is 24.1 Å². The van der Waals surface area contributed by atoms with Crippen LogP contribution < -0.4 is 14.8 Å². The third kappa shape index (κ3) is 5.50. The Labute approximate surface area is 257 Å². The number of ether oxygens (including phenoxy) is 3. The lowest BCUT2D eigenvalue weighted by Gasteiger charge is -2.33. The zero-order valence-electron chi connectivity index (χ0n) is 23.8. The predicted molar refractivity (Wildman–Crippen MR) is 159 cm³/mol. The van der Waals surface area contributed by atoms with Crippen LogP contribution in [0.2, 0.25) is 0 Å². The minimum absolute atomic E-state index is 0.0660. The van der Waals surface area contributed by atoms with E-state index >= 15 is 0 Å². The molecule has 1 aliphatic rings. The number of carbonyl (C=O) groups is 1. The third-order valence-corrected chi connectivity index (χ3v) is 8.16. The second-order valence-corrected chi connectivity index (χ2v) is 11.0. The van der Waals surface area contributed by atoms with Gasteiger partial charge in [-0.1, -0.05) is 6.07 Å². The fourth-order valence-electron chi connectivity index (χ4n) is 5.22. The van der Waals surface area contributed by atoms with Gasteiger partial charge in [-0.2, -0.15) is 13.2 Å². The lowest BCUT2D eigenvalue weighted by atomic mass is 10.0. The molecule has 10 nitrogen and oxygen atoms in total. The lowest BCUT2D eigenvalue weighted by Crippen LogP contribution is -2.37. The van der Waals surface area contributed by atoms with E-state index in [1.54, 1.807) is 52.0 Å². The van der Waals surface area contributed by atoms with Gasteiger partial charge in [-0.05, 0) is 51.8 Å². The fraction of sp³-hybridized carbons (Fsp3) is 0.267. The minimum atomic E-state index is -4.58. The van der Waals surface area contributed by atoms with Gasteiger partial charge >= 0.3 is 6.18 Å². The van der Waals surface area contributed by atoms with E-state index in [1.807, 2.05) is 16.5 Å². The molecule has 1 N–H and O–H groups in total. The number of hydrogen-bond donors (Lipinski definition) is 1. The monoisotopic (exact) mass is 670 g/mol. The van der Waals surface area contributed by atoms with Gasteiger partial charge in [0.1, 0.15) is 22.7 Å². The molecule has 228 valence electrons. The minimum Gasteiger partial charge on any atom is -0.497 e. The number of anilines is 1. The Balaban J connectivity index is 1.31. The number of fused-ring (bicyclic) bond motifs is 4. The Morgan fingerprint density at radius 3 is 2.57 bits per heavy atom. The molecule has 4 heterocycles. The third-order valence-electron chi connectivity index (χ3n) is 7.50. The highest BCUT2D eigenvalue weighted by atomic mass is 79.9. The highest BCUT2D eigenvalue weighted by Gasteiger charge is 2.36. The summed E-state index contributed by atoms with van der Waals surface area (Å²) in [7, 11) is 4.77. The Hall–Kier alpha value is -4.43. The van der Waals surface area contributed by atoms with Crippen LogP contribution in [0, 0.1) is 0 Å². The molecule has 0 spiro atoms. The average molecular weight is 671 g/mol. The highest BCUT2D eigenvalue weighted by Crippen LogP contribution is 2.35. The molecule has 0 saturated carbocycles. The van der Waals surface area contributed by atoms with Crippen molar-refractivity contribution in [3.8, 4) is 11.5 Å². The number of halogens is 4. The van der Waals surface area contributed by atoms with Crippen molar-refractivity contribution in [1.29, 1.82) is 0 Å². The van der Waals surface area contributed by atoms with Gasteiger partial charge in [0.15, 0.2) is 5.82 Å². The Bertz CT molecular complexity index is 1870. The number of aromatic nitrogens is 4. The number of nitrogens with one attached hydrogen (secondary N) is 1. The van der Waals surface area contributed by atoms with E-state index in [4.69, 9.17) is 19.2 Å². The molecule has 0 fully saturated rings. The Morgan fingerprint density at radius 2 is 1.86 bits per heavy atom. The number of benzene rings is 2. The van der Waals surface area contributed by atoms with Gasteiger partial charge in [-0.15, -0.1) is 0 Å². The maximum Gasteiger partial charge on any atom is 0.433 e. The molecule has 0 saturated heterocycles. The van der Waals surface area contributed by atoms with Gasteiger partial charge in [0.05, 0.1) is 68.3 Å². The molecule has 1 aliphatic heterocycles. The van der Waals surface area contributed by atoms with Crippen LogP contribution in [0.25, 0.3) is 16.6 Å². The number of likely N-dealkylation sites (N-methyl/N-ethyl adjacent to an activating group) is 1. The summed E-state index contributed by atoms with van der Waals surface area (Å²) in [6.07, 6.45) is -1.26. The van der Waals surface area contributed by atoms with Crippen LogP contribution in [0.15, 0.2) is 59.5 Å². The van der Waals surface area contributed by atoms with Crippen molar-refractivity contribution in [2.24, 2.45) is 0 Å². The van der Waals surface area contributed by atoms with E-state index < -0.39 is 17.9 Å². The number of rotatable bonds is 7. The SMILES string of the molecule is COc1cc(CNc2nc3cc(Br)c(C(=O)N(C)C4COCc5nc(C(F)(F)F)ccc54)cc3n3cncc23)cc(OC)c1. The first-order chi connectivity index (χ1) is 21.1. The topological polar surface area (TPSA) is 103 Å². The molecule has 1 unspecified atom stereocenters. The smallest absolute Gasteiger partial charge is 0.433 e. The van der Waals surface area contributed by atoms with Gasteiger partial charge in [0.2, 0.25) is 0 Å². The van der Waals surface area contributed by atoms with Crippen LogP contribution in [-0.4, -0.2) is 58.0 Å². The first kappa shape index (κ1) is 29.6. The second-order valence-electron chi connectivity index (χ2n) is 10.2. The quantitative estimate of drug-likeness (QED) is 0.224. The second kappa shape index (κ2) is 11.6. The van der Waals surface area contributed by atoms with Crippen molar-refractivity contribution in [2.75, 3.05) is 33.2 Å². The molecule has 2 aromatic carbocycles. The molecular formula is C30H26BrF3N6O4. The standard InChI is InChI=1S/C30H26BrF3N6O4/c1-39(26-14-44-13-23-19(26)4-5-27(37-23)30(32,33)34)29(41)20-9-24-22(10-21(20)31)38-28(25-12-35-15-40(24)25)36-11-16-6-17(42-2)8-18(7-16)43-3/h4-10,12,15,26H,11,13-14H2,1-3H3,(H,36,38). The summed E-state index contributed by atoms with van der Waals surface area (Å²) in [5.41, 5.74) is 2.87. The van der Waals surface area contributed by atoms with E-state index in [-0.39, 0.29) is 24.8 Å². The summed E-state index contributed by atoms with van der Waals surface area (Å²) < 4.78 is 58.3. The summed E-state index contributed by atoms with van der Waals surface area (Å²) in [5, 5.41) is 3.36. The molecule has 1 atom stereocenters. The highest BCUT2D eigenvalue weighted by molar-refractivity contribution is 9.10. The van der Waals surface area contributed by atoms with E-state index in [9.17, 15) is 18.0 Å². The molecule has 0 aliphatic carbocycles. The van der Waals surface area contributed by atoms with Crippen LogP contribution in [0.3, 0.4) is 0 Å². The largest absolute Gasteiger partial charge is 0.497 e. The van der Waals surface area contributed by atoms with Gasteiger partial charge in [-0.25, -0.2) is 15.0 Å². The number of amides is 1. The summed E-state index contributed by atoms with van der Waals surface area (Å²) in [4.78, 5) is 28.2. The number of methoxy groups -OCH3 is 2. The van der Waals surface area contributed by atoms with Crippen molar-refractivity contribution in [1.82, 2.24) is 24.3 Å². The van der Waals surface area contributed by atoms with Crippen LogP contribution in [0.4, 0.5) is 19.0 Å². The molecule has 6 rings (SSSR count). The molecule has 0 radical (unpaired) electrons. The maximum absolute atomic E-state index is 13.8. The van der Waals surface area contributed by atoms with Crippen LogP contribution >= 0.6 is 15.9 Å². The number of pyridine rings is 1. The van der Waals surface area contributed by atoms with E-state index in [2.05, 4.69) is 31.2 Å². The summed E-state index contributed by atoms with van der Waals surface area (Å²) in [6.45, 7) is 0.484. The lowest BCUT2D eigenvalue weighted by molar-refractivity contribution is -0.141. The molecule has 0 bridgehead atoms.